The lowest BCUT2D eigenvalue weighted by Gasteiger charge is -2.08. The quantitative estimate of drug-likeness (QED) is 0.517. The molecule has 3 rings (SSSR count). The van der Waals surface area contributed by atoms with Crippen LogP contribution in [0.5, 0.6) is 0 Å². The minimum atomic E-state index is 0.445. The monoisotopic (exact) mass is 366 g/mol. The maximum Gasteiger partial charge on any atom is 0.161 e. The largest absolute Gasteiger partial charge is 0.227 e. The lowest BCUT2D eigenvalue weighted by Crippen LogP contribution is -1.94. The molecule has 0 aliphatic heterocycles. The highest BCUT2D eigenvalue weighted by Crippen LogP contribution is 2.31. The first-order valence-corrected chi connectivity index (χ1v) is 7.49. The van der Waals surface area contributed by atoms with Crippen molar-refractivity contribution in [3.05, 3.63) is 56.6 Å². The fourth-order valence-electron chi connectivity index (χ4n) is 2.08. The van der Waals surface area contributed by atoms with Crippen molar-refractivity contribution < 1.29 is 0 Å². The molecule has 1 aromatic heterocycles. The molecule has 0 saturated heterocycles. The van der Waals surface area contributed by atoms with Crippen molar-refractivity contribution in [1.82, 2.24) is 9.97 Å². The standard InChI is InChI=1S/C15H9BrCl2N2/c1-8-7-9(17)5-6-10(8)15-19-13-11(14(18)20-15)3-2-4-12(13)16/h2-7H,1H3. The SMILES string of the molecule is Cc1cc(Cl)ccc1-c1nc(Cl)c2cccc(Br)c2n1. The van der Waals surface area contributed by atoms with Gasteiger partial charge in [0.05, 0.1) is 5.52 Å². The molecular weight excluding hydrogens is 359 g/mol. The van der Waals surface area contributed by atoms with Gasteiger partial charge in [-0.05, 0) is 58.7 Å². The van der Waals surface area contributed by atoms with E-state index in [4.69, 9.17) is 23.2 Å². The second-order valence-electron chi connectivity index (χ2n) is 4.43. The van der Waals surface area contributed by atoms with Crippen molar-refractivity contribution in [1.29, 1.82) is 0 Å². The number of fused-ring (bicyclic) bond motifs is 1. The van der Waals surface area contributed by atoms with Gasteiger partial charge in [0.2, 0.25) is 0 Å². The molecule has 2 aromatic carbocycles. The van der Waals surface area contributed by atoms with Gasteiger partial charge >= 0.3 is 0 Å². The van der Waals surface area contributed by atoms with E-state index >= 15 is 0 Å². The molecule has 0 N–H and O–H groups in total. The number of rotatable bonds is 1. The van der Waals surface area contributed by atoms with Gasteiger partial charge < -0.3 is 0 Å². The van der Waals surface area contributed by atoms with Crippen LogP contribution in [0.15, 0.2) is 40.9 Å². The Bertz CT molecular complexity index is 818. The molecule has 0 unspecified atom stereocenters. The zero-order valence-electron chi connectivity index (χ0n) is 10.5. The molecule has 0 amide bonds. The zero-order valence-corrected chi connectivity index (χ0v) is 13.6. The normalized spacial score (nSPS) is 11.0. The van der Waals surface area contributed by atoms with Crippen molar-refractivity contribution in [3.8, 4) is 11.4 Å². The summed E-state index contributed by atoms with van der Waals surface area (Å²) in [5.74, 6) is 0.601. The Morgan fingerprint density at radius 2 is 1.85 bits per heavy atom. The summed E-state index contributed by atoms with van der Waals surface area (Å²) in [5.41, 5.74) is 2.74. The van der Waals surface area contributed by atoms with Crippen molar-refractivity contribution in [2.45, 2.75) is 6.92 Å². The predicted octanol–water partition coefficient (Wildman–Crippen LogP) is 5.67. The number of benzene rings is 2. The average Bonchev–Trinajstić information content (AvgIpc) is 2.40. The molecule has 2 nitrogen and oxygen atoms in total. The van der Waals surface area contributed by atoms with Crippen LogP contribution in [-0.2, 0) is 0 Å². The molecule has 0 radical (unpaired) electrons. The number of nitrogens with zero attached hydrogens (tertiary/aromatic N) is 2. The van der Waals surface area contributed by atoms with E-state index in [1.165, 1.54) is 0 Å². The summed E-state index contributed by atoms with van der Waals surface area (Å²) in [6.45, 7) is 1.97. The summed E-state index contributed by atoms with van der Waals surface area (Å²) >= 11 is 15.7. The molecule has 5 heteroatoms. The van der Waals surface area contributed by atoms with Crippen LogP contribution in [0, 0.1) is 6.92 Å². The van der Waals surface area contributed by atoms with E-state index < -0.39 is 0 Å². The number of para-hydroxylation sites is 1. The van der Waals surface area contributed by atoms with E-state index in [9.17, 15) is 0 Å². The minimum absolute atomic E-state index is 0.445. The highest BCUT2D eigenvalue weighted by Gasteiger charge is 2.11. The second-order valence-corrected chi connectivity index (χ2v) is 6.08. The molecule has 3 aromatic rings. The molecule has 0 aliphatic carbocycles. The highest BCUT2D eigenvalue weighted by atomic mass is 79.9. The van der Waals surface area contributed by atoms with Gasteiger partial charge in [0.1, 0.15) is 5.15 Å². The lowest BCUT2D eigenvalue weighted by atomic mass is 10.1. The summed E-state index contributed by atoms with van der Waals surface area (Å²) in [5, 5.41) is 1.97. The molecule has 0 atom stereocenters. The van der Waals surface area contributed by atoms with Crippen molar-refractivity contribution in [2.75, 3.05) is 0 Å². The van der Waals surface area contributed by atoms with Gasteiger partial charge in [-0.25, -0.2) is 9.97 Å². The Morgan fingerprint density at radius 1 is 1.05 bits per heavy atom. The van der Waals surface area contributed by atoms with Gasteiger partial charge in [0.15, 0.2) is 5.82 Å². The van der Waals surface area contributed by atoms with Crippen molar-refractivity contribution in [3.63, 3.8) is 0 Å². The van der Waals surface area contributed by atoms with Gasteiger partial charge in [0.25, 0.3) is 0 Å². The van der Waals surface area contributed by atoms with Crippen LogP contribution in [0.3, 0.4) is 0 Å². The van der Waals surface area contributed by atoms with E-state index in [1.807, 2.05) is 43.3 Å². The molecule has 20 heavy (non-hydrogen) atoms. The first-order chi connectivity index (χ1) is 9.56. The fourth-order valence-corrected chi connectivity index (χ4v) is 2.99. The van der Waals surface area contributed by atoms with E-state index in [-0.39, 0.29) is 0 Å². The Kier molecular flexibility index (Phi) is 3.67. The van der Waals surface area contributed by atoms with Crippen LogP contribution >= 0.6 is 39.1 Å². The van der Waals surface area contributed by atoms with E-state index in [0.717, 1.165) is 26.5 Å². The van der Waals surface area contributed by atoms with Crippen LogP contribution in [0.1, 0.15) is 5.56 Å². The van der Waals surface area contributed by atoms with Gasteiger partial charge in [-0.1, -0.05) is 29.3 Å². The van der Waals surface area contributed by atoms with Crippen molar-refractivity contribution >= 4 is 50.0 Å². The maximum atomic E-state index is 6.27. The van der Waals surface area contributed by atoms with Crippen LogP contribution in [0.4, 0.5) is 0 Å². The van der Waals surface area contributed by atoms with Crippen LogP contribution in [0.25, 0.3) is 22.3 Å². The molecule has 0 fully saturated rings. The van der Waals surface area contributed by atoms with E-state index in [2.05, 4.69) is 25.9 Å². The Hall–Kier alpha value is -1.16. The van der Waals surface area contributed by atoms with E-state index in [0.29, 0.717) is 16.0 Å². The summed E-state index contributed by atoms with van der Waals surface area (Å²) in [4.78, 5) is 9.00. The van der Waals surface area contributed by atoms with Gasteiger partial charge in [-0.3, -0.25) is 0 Å². The summed E-state index contributed by atoms with van der Waals surface area (Å²) < 4.78 is 0.896. The fraction of sp³-hybridized carbons (Fsp3) is 0.0667. The average molecular weight is 368 g/mol. The van der Waals surface area contributed by atoms with E-state index in [1.54, 1.807) is 0 Å². The number of halogens is 3. The maximum absolute atomic E-state index is 6.27. The molecule has 0 aliphatic rings. The molecule has 0 saturated carbocycles. The summed E-state index contributed by atoms with van der Waals surface area (Å²) in [6, 6.07) is 11.4. The minimum Gasteiger partial charge on any atom is -0.227 e. The van der Waals surface area contributed by atoms with Crippen LogP contribution < -0.4 is 0 Å². The number of aromatic nitrogens is 2. The first-order valence-electron chi connectivity index (χ1n) is 5.94. The number of aryl methyl sites for hydroxylation is 1. The third-order valence-electron chi connectivity index (χ3n) is 3.06. The Balaban J connectivity index is 2.29. The topological polar surface area (TPSA) is 25.8 Å². The molecular formula is C15H9BrCl2N2. The zero-order chi connectivity index (χ0) is 14.3. The lowest BCUT2D eigenvalue weighted by molar-refractivity contribution is 1.21. The molecule has 0 spiro atoms. The molecule has 0 bridgehead atoms. The van der Waals surface area contributed by atoms with Crippen molar-refractivity contribution in [2.24, 2.45) is 0 Å². The predicted molar refractivity (Wildman–Crippen MR) is 87.4 cm³/mol. The molecule has 100 valence electrons. The highest BCUT2D eigenvalue weighted by molar-refractivity contribution is 9.10. The second kappa shape index (κ2) is 5.32. The van der Waals surface area contributed by atoms with Crippen LogP contribution in [0.2, 0.25) is 10.2 Å². The number of hydrogen-bond donors (Lipinski definition) is 0. The smallest absolute Gasteiger partial charge is 0.161 e. The Morgan fingerprint density at radius 3 is 2.60 bits per heavy atom. The first kappa shape index (κ1) is 13.8. The Labute approximate surface area is 134 Å². The summed E-state index contributed by atoms with van der Waals surface area (Å²) in [6.07, 6.45) is 0. The van der Waals surface area contributed by atoms with Gasteiger partial charge in [-0.2, -0.15) is 0 Å². The number of hydrogen-bond acceptors (Lipinski definition) is 2. The van der Waals surface area contributed by atoms with Gasteiger partial charge in [-0.15, -0.1) is 0 Å². The van der Waals surface area contributed by atoms with Crippen LogP contribution in [-0.4, -0.2) is 9.97 Å². The third-order valence-corrected chi connectivity index (χ3v) is 4.22. The molecule has 1 heterocycles. The third kappa shape index (κ3) is 2.41. The summed E-state index contributed by atoms with van der Waals surface area (Å²) in [7, 11) is 0. The van der Waals surface area contributed by atoms with Gasteiger partial charge in [0, 0.05) is 20.4 Å².